The van der Waals surface area contributed by atoms with Crippen LogP contribution in [0.15, 0.2) is 18.2 Å². The summed E-state index contributed by atoms with van der Waals surface area (Å²) in [6.07, 6.45) is 2.50. The molecule has 18 heavy (non-hydrogen) atoms. The lowest BCUT2D eigenvalue weighted by molar-refractivity contribution is 0.183. The van der Waals surface area contributed by atoms with Gasteiger partial charge in [0.05, 0.1) is 13.7 Å². The fourth-order valence-corrected chi connectivity index (χ4v) is 2.28. The van der Waals surface area contributed by atoms with Crippen LogP contribution < -0.4 is 10.5 Å². The van der Waals surface area contributed by atoms with Gasteiger partial charge in [-0.25, -0.2) is 0 Å². The second-order valence-electron chi connectivity index (χ2n) is 4.78. The summed E-state index contributed by atoms with van der Waals surface area (Å²) >= 11 is 0. The number of aliphatic hydroxyl groups excluding tert-OH is 1. The summed E-state index contributed by atoms with van der Waals surface area (Å²) in [6.45, 7) is 2.33. The summed E-state index contributed by atoms with van der Waals surface area (Å²) in [5.74, 6) is 0.849. The molecular formula is C14H22N2O2. The van der Waals surface area contributed by atoms with E-state index in [1.54, 1.807) is 7.11 Å². The highest BCUT2D eigenvalue weighted by Crippen LogP contribution is 2.28. The second-order valence-corrected chi connectivity index (χ2v) is 4.78. The van der Waals surface area contributed by atoms with E-state index in [4.69, 9.17) is 15.6 Å². The molecule has 3 N–H and O–H groups in total. The fourth-order valence-electron chi connectivity index (χ4n) is 2.28. The van der Waals surface area contributed by atoms with Gasteiger partial charge in [-0.2, -0.15) is 0 Å². The average Bonchev–Trinajstić information content (AvgIpc) is 3.22. The SMILES string of the molecule is COc1ccc(CN(CCO)C2CC2)cc1CN. The van der Waals surface area contributed by atoms with Crippen LogP contribution in [0.25, 0.3) is 0 Å². The fraction of sp³-hybridized carbons (Fsp3) is 0.571. The molecule has 1 aromatic rings. The van der Waals surface area contributed by atoms with Crippen molar-refractivity contribution in [2.45, 2.75) is 32.0 Å². The van der Waals surface area contributed by atoms with Gasteiger partial charge in [-0.15, -0.1) is 0 Å². The van der Waals surface area contributed by atoms with Gasteiger partial charge >= 0.3 is 0 Å². The quantitative estimate of drug-likeness (QED) is 0.761. The van der Waals surface area contributed by atoms with E-state index in [9.17, 15) is 0 Å². The first kappa shape index (κ1) is 13.3. The minimum absolute atomic E-state index is 0.219. The third-order valence-electron chi connectivity index (χ3n) is 3.40. The maximum absolute atomic E-state index is 9.09. The van der Waals surface area contributed by atoms with Crippen LogP contribution in [0.1, 0.15) is 24.0 Å². The van der Waals surface area contributed by atoms with Crippen molar-refractivity contribution in [3.05, 3.63) is 29.3 Å². The molecule has 0 radical (unpaired) electrons. The Morgan fingerprint density at radius 2 is 2.22 bits per heavy atom. The van der Waals surface area contributed by atoms with E-state index in [-0.39, 0.29) is 6.61 Å². The Morgan fingerprint density at radius 1 is 1.44 bits per heavy atom. The molecule has 0 saturated heterocycles. The van der Waals surface area contributed by atoms with E-state index in [2.05, 4.69) is 17.0 Å². The van der Waals surface area contributed by atoms with Crippen molar-refractivity contribution < 1.29 is 9.84 Å². The van der Waals surface area contributed by atoms with E-state index in [1.165, 1.54) is 18.4 Å². The minimum atomic E-state index is 0.219. The van der Waals surface area contributed by atoms with Crippen LogP contribution >= 0.6 is 0 Å². The molecule has 0 heterocycles. The first-order valence-electron chi connectivity index (χ1n) is 6.49. The zero-order valence-electron chi connectivity index (χ0n) is 10.9. The molecule has 1 aliphatic carbocycles. The van der Waals surface area contributed by atoms with Crippen LogP contribution in [0, 0.1) is 0 Å². The van der Waals surface area contributed by atoms with Crippen LogP contribution in [-0.2, 0) is 13.1 Å². The number of hydrogen-bond donors (Lipinski definition) is 2. The summed E-state index contributed by atoms with van der Waals surface area (Å²) in [4.78, 5) is 2.34. The number of nitrogens with zero attached hydrogens (tertiary/aromatic N) is 1. The highest BCUT2D eigenvalue weighted by atomic mass is 16.5. The van der Waals surface area contributed by atoms with Crippen molar-refractivity contribution in [2.75, 3.05) is 20.3 Å². The number of rotatable bonds is 7. The van der Waals surface area contributed by atoms with E-state index in [0.29, 0.717) is 12.6 Å². The number of nitrogens with two attached hydrogens (primary N) is 1. The summed E-state index contributed by atoms with van der Waals surface area (Å²) in [7, 11) is 1.66. The zero-order valence-corrected chi connectivity index (χ0v) is 10.9. The summed E-state index contributed by atoms with van der Waals surface area (Å²) < 4.78 is 5.27. The molecule has 0 aliphatic heterocycles. The summed E-state index contributed by atoms with van der Waals surface area (Å²) in [5.41, 5.74) is 7.99. The lowest BCUT2D eigenvalue weighted by Gasteiger charge is -2.21. The first-order valence-corrected chi connectivity index (χ1v) is 6.49. The van der Waals surface area contributed by atoms with Gasteiger partial charge in [0.2, 0.25) is 0 Å². The van der Waals surface area contributed by atoms with E-state index in [1.807, 2.05) is 6.07 Å². The molecule has 0 aromatic heterocycles. The van der Waals surface area contributed by atoms with Gasteiger partial charge < -0.3 is 15.6 Å². The highest BCUT2D eigenvalue weighted by molar-refractivity contribution is 5.37. The summed E-state index contributed by atoms with van der Waals surface area (Å²) in [5, 5.41) is 9.09. The van der Waals surface area contributed by atoms with Crippen molar-refractivity contribution in [1.29, 1.82) is 0 Å². The number of ether oxygens (including phenoxy) is 1. The Bertz CT molecular complexity index is 391. The predicted molar refractivity (Wildman–Crippen MR) is 71.4 cm³/mol. The van der Waals surface area contributed by atoms with Gasteiger partial charge in [-0.1, -0.05) is 6.07 Å². The first-order chi connectivity index (χ1) is 8.78. The lowest BCUT2D eigenvalue weighted by Crippen LogP contribution is -2.28. The topological polar surface area (TPSA) is 58.7 Å². The van der Waals surface area contributed by atoms with Gasteiger partial charge in [0, 0.05) is 31.2 Å². The van der Waals surface area contributed by atoms with Gasteiger partial charge in [0.25, 0.3) is 0 Å². The number of aliphatic hydroxyl groups is 1. The number of benzene rings is 1. The molecule has 1 aliphatic rings. The monoisotopic (exact) mass is 250 g/mol. The lowest BCUT2D eigenvalue weighted by atomic mass is 10.1. The van der Waals surface area contributed by atoms with Gasteiger partial charge in [0.1, 0.15) is 5.75 Å². The Kier molecular flexibility index (Phi) is 4.58. The van der Waals surface area contributed by atoms with Crippen molar-refractivity contribution in [2.24, 2.45) is 5.73 Å². The smallest absolute Gasteiger partial charge is 0.123 e. The molecule has 2 rings (SSSR count). The normalized spacial score (nSPS) is 15.1. The molecule has 1 fully saturated rings. The largest absolute Gasteiger partial charge is 0.496 e. The molecule has 1 aromatic carbocycles. The van der Waals surface area contributed by atoms with E-state index >= 15 is 0 Å². The van der Waals surface area contributed by atoms with Crippen molar-refractivity contribution in [3.8, 4) is 5.75 Å². The number of methoxy groups -OCH3 is 1. The maximum Gasteiger partial charge on any atom is 0.123 e. The van der Waals surface area contributed by atoms with Crippen molar-refractivity contribution >= 4 is 0 Å². The Hall–Kier alpha value is -1.10. The minimum Gasteiger partial charge on any atom is -0.496 e. The van der Waals surface area contributed by atoms with Crippen LogP contribution in [0.2, 0.25) is 0 Å². The molecular weight excluding hydrogens is 228 g/mol. The molecule has 4 nitrogen and oxygen atoms in total. The van der Waals surface area contributed by atoms with Crippen molar-refractivity contribution in [3.63, 3.8) is 0 Å². The number of hydrogen-bond acceptors (Lipinski definition) is 4. The van der Waals surface area contributed by atoms with Crippen molar-refractivity contribution in [1.82, 2.24) is 4.90 Å². The van der Waals surface area contributed by atoms with E-state index < -0.39 is 0 Å². The average molecular weight is 250 g/mol. The zero-order chi connectivity index (χ0) is 13.0. The third kappa shape index (κ3) is 3.22. The van der Waals surface area contributed by atoms with Crippen LogP contribution in [0.3, 0.4) is 0 Å². The highest BCUT2D eigenvalue weighted by Gasteiger charge is 2.28. The molecule has 4 heteroatoms. The standard InChI is InChI=1S/C14H22N2O2/c1-18-14-5-2-11(8-12(14)9-15)10-16(6-7-17)13-3-4-13/h2,5,8,13,17H,3-4,6-7,9-10,15H2,1H3. The van der Waals surface area contributed by atoms with Crippen LogP contribution in [0.5, 0.6) is 5.75 Å². The van der Waals surface area contributed by atoms with Crippen LogP contribution in [-0.4, -0.2) is 36.3 Å². The Labute approximate surface area is 108 Å². The molecule has 1 saturated carbocycles. The summed E-state index contributed by atoms with van der Waals surface area (Å²) in [6, 6.07) is 6.80. The van der Waals surface area contributed by atoms with Gasteiger partial charge in [-0.3, -0.25) is 4.90 Å². The molecule has 0 unspecified atom stereocenters. The molecule has 0 amide bonds. The Morgan fingerprint density at radius 3 is 2.78 bits per heavy atom. The van der Waals surface area contributed by atoms with Gasteiger partial charge in [-0.05, 0) is 30.5 Å². The third-order valence-corrected chi connectivity index (χ3v) is 3.40. The molecule has 0 spiro atoms. The maximum atomic E-state index is 9.09. The Balaban J connectivity index is 2.07. The molecule has 100 valence electrons. The molecule has 0 atom stereocenters. The van der Waals surface area contributed by atoms with E-state index in [0.717, 1.165) is 24.4 Å². The molecule has 0 bridgehead atoms. The predicted octanol–water partition coefficient (Wildman–Crippen LogP) is 1.11. The van der Waals surface area contributed by atoms with Gasteiger partial charge in [0.15, 0.2) is 0 Å². The second kappa shape index (κ2) is 6.18. The van der Waals surface area contributed by atoms with Crippen LogP contribution in [0.4, 0.5) is 0 Å².